The number of carbonyl (C=O) groups excluding carboxylic acids is 1. The molecule has 5 heteroatoms. The van der Waals surface area contributed by atoms with E-state index in [1.807, 2.05) is 30.3 Å². The zero-order valence-electron chi connectivity index (χ0n) is 11.2. The predicted octanol–water partition coefficient (Wildman–Crippen LogP) is 3.73. The molecule has 0 radical (unpaired) electrons. The van der Waals surface area contributed by atoms with E-state index in [1.54, 1.807) is 24.3 Å². The molecule has 0 unspecified atom stereocenters. The third-order valence-corrected chi connectivity index (χ3v) is 3.24. The monoisotopic (exact) mass is 344 g/mol. The first-order valence-electron chi connectivity index (χ1n) is 6.36. The molecule has 0 spiro atoms. The van der Waals surface area contributed by atoms with Crippen LogP contribution in [0.4, 0.5) is 5.69 Å². The Hall–Kier alpha value is -2.32. The highest BCUT2D eigenvalue weighted by Gasteiger charge is 2.03. The standard InChI is InChI=1S/C16H13BrN2O2/c17-13-3-7-15(8-4-13)21-10-9-16(20)19-14-5-1-12(11-18)2-6-14/h1-8H,9-10H2,(H,19,20). The molecule has 1 N–H and O–H groups in total. The minimum atomic E-state index is -0.128. The van der Waals surface area contributed by atoms with Gasteiger partial charge in [0.05, 0.1) is 24.7 Å². The summed E-state index contributed by atoms with van der Waals surface area (Å²) in [6.45, 7) is 0.309. The van der Waals surface area contributed by atoms with Gasteiger partial charge >= 0.3 is 0 Å². The summed E-state index contributed by atoms with van der Waals surface area (Å²) in [5, 5.41) is 11.4. The number of ether oxygens (including phenoxy) is 1. The zero-order valence-corrected chi connectivity index (χ0v) is 12.8. The molecule has 0 fully saturated rings. The quantitative estimate of drug-likeness (QED) is 0.898. The molecule has 0 aliphatic heterocycles. The predicted molar refractivity (Wildman–Crippen MR) is 84.0 cm³/mol. The fourth-order valence-electron chi connectivity index (χ4n) is 1.64. The number of nitrogens with zero attached hydrogens (tertiary/aromatic N) is 1. The van der Waals surface area contributed by atoms with E-state index in [0.29, 0.717) is 17.9 Å². The van der Waals surface area contributed by atoms with Gasteiger partial charge in [-0.25, -0.2) is 0 Å². The molecule has 0 atom stereocenters. The Balaban J connectivity index is 1.76. The summed E-state index contributed by atoms with van der Waals surface area (Å²) < 4.78 is 6.46. The third-order valence-electron chi connectivity index (χ3n) is 2.71. The molecule has 21 heavy (non-hydrogen) atoms. The summed E-state index contributed by atoms with van der Waals surface area (Å²) in [6.07, 6.45) is 0.260. The molecular weight excluding hydrogens is 332 g/mol. The molecule has 1 amide bonds. The van der Waals surface area contributed by atoms with E-state index in [1.165, 1.54) is 0 Å². The van der Waals surface area contributed by atoms with Gasteiger partial charge in [-0.2, -0.15) is 5.26 Å². The smallest absolute Gasteiger partial charge is 0.227 e. The first kappa shape index (κ1) is 15.1. The van der Waals surface area contributed by atoms with Crippen LogP contribution in [0, 0.1) is 11.3 Å². The molecule has 0 heterocycles. The van der Waals surface area contributed by atoms with Crippen LogP contribution in [0.1, 0.15) is 12.0 Å². The summed E-state index contributed by atoms with van der Waals surface area (Å²) in [7, 11) is 0. The lowest BCUT2D eigenvalue weighted by Gasteiger charge is -2.07. The Bertz CT molecular complexity index is 645. The highest BCUT2D eigenvalue weighted by molar-refractivity contribution is 9.10. The van der Waals surface area contributed by atoms with Crippen LogP contribution in [0.15, 0.2) is 53.0 Å². The van der Waals surface area contributed by atoms with Crippen molar-refractivity contribution < 1.29 is 9.53 Å². The molecule has 106 valence electrons. The van der Waals surface area contributed by atoms with Gasteiger partial charge in [0.25, 0.3) is 0 Å². The fraction of sp³-hybridized carbons (Fsp3) is 0.125. The Morgan fingerprint density at radius 3 is 2.43 bits per heavy atom. The van der Waals surface area contributed by atoms with Crippen molar-refractivity contribution in [2.45, 2.75) is 6.42 Å². The Labute approximate surface area is 131 Å². The molecule has 4 nitrogen and oxygen atoms in total. The molecule has 0 saturated carbocycles. The van der Waals surface area contributed by atoms with Gasteiger partial charge < -0.3 is 10.1 Å². The number of benzene rings is 2. The third kappa shape index (κ3) is 4.93. The summed E-state index contributed by atoms with van der Waals surface area (Å²) in [4.78, 5) is 11.7. The number of nitriles is 1. The Kier molecular flexibility index (Phi) is 5.35. The number of hydrogen-bond donors (Lipinski definition) is 1. The summed E-state index contributed by atoms with van der Waals surface area (Å²) in [6, 6.07) is 16.2. The van der Waals surface area contributed by atoms with Crippen LogP contribution in [0.3, 0.4) is 0 Å². The number of halogens is 1. The van der Waals surface area contributed by atoms with Gasteiger partial charge in [-0.3, -0.25) is 4.79 Å². The second-order valence-corrected chi connectivity index (χ2v) is 5.21. The number of hydrogen-bond acceptors (Lipinski definition) is 3. The van der Waals surface area contributed by atoms with Crippen molar-refractivity contribution in [3.8, 4) is 11.8 Å². The normalized spacial score (nSPS) is 9.71. The number of carbonyl (C=O) groups is 1. The van der Waals surface area contributed by atoms with Gasteiger partial charge in [-0.15, -0.1) is 0 Å². The van der Waals surface area contributed by atoms with Crippen molar-refractivity contribution in [2.75, 3.05) is 11.9 Å². The summed E-state index contributed by atoms with van der Waals surface area (Å²) >= 11 is 3.34. The minimum absolute atomic E-state index is 0.128. The molecule has 2 aromatic rings. The van der Waals surface area contributed by atoms with E-state index in [9.17, 15) is 4.79 Å². The molecule has 0 aliphatic carbocycles. The first-order valence-corrected chi connectivity index (χ1v) is 7.15. The largest absolute Gasteiger partial charge is 0.493 e. The minimum Gasteiger partial charge on any atom is -0.493 e. The van der Waals surface area contributed by atoms with Crippen LogP contribution in [0.25, 0.3) is 0 Å². The Morgan fingerprint density at radius 2 is 1.81 bits per heavy atom. The van der Waals surface area contributed by atoms with Crippen molar-refractivity contribution in [1.29, 1.82) is 5.26 Å². The van der Waals surface area contributed by atoms with Gasteiger partial charge in [-0.05, 0) is 48.5 Å². The number of nitrogens with one attached hydrogen (secondary N) is 1. The van der Waals surface area contributed by atoms with E-state index in [4.69, 9.17) is 10.00 Å². The fourth-order valence-corrected chi connectivity index (χ4v) is 1.91. The molecule has 0 bridgehead atoms. The highest BCUT2D eigenvalue weighted by Crippen LogP contribution is 2.16. The van der Waals surface area contributed by atoms with Crippen molar-refractivity contribution in [2.24, 2.45) is 0 Å². The van der Waals surface area contributed by atoms with Crippen molar-refractivity contribution in [3.05, 3.63) is 58.6 Å². The lowest BCUT2D eigenvalue weighted by atomic mass is 10.2. The second-order valence-electron chi connectivity index (χ2n) is 4.29. The summed E-state index contributed by atoms with van der Waals surface area (Å²) in [5.74, 6) is 0.598. The zero-order chi connectivity index (χ0) is 15.1. The second kappa shape index (κ2) is 7.46. The van der Waals surface area contributed by atoms with Crippen LogP contribution >= 0.6 is 15.9 Å². The van der Waals surface area contributed by atoms with E-state index in [2.05, 4.69) is 21.2 Å². The average molecular weight is 345 g/mol. The number of amides is 1. The maximum atomic E-state index is 11.7. The van der Waals surface area contributed by atoms with Gasteiger partial charge in [0.15, 0.2) is 0 Å². The topological polar surface area (TPSA) is 62.1 Å². The van der Waals surface area contributed by atoms with Crippen LogP contribution in [-0.2, 0) is 4.79 Å². The van der Waals surface area contributed by atoms with E-state index in [0.717, 1.165) is 10.2 Å². The SMILES string of the molecule is N#Cc1ccc(NC(=O)CCOc2ccc(Br)cc2)cc1. The first-order chi connectivity index (χ1) is 10.2. The lowest BCUT2D eigenvalue weighted by molar-refractivity contribution is -0.116. The highest BCUT2D eigenvalue weighted by atomic mass is 79.9. The van der Waals surface area contributed by atoms with E-state index in [-0.39, 0.29) is 12.3 Å². The average Bonchev–Trinajstić information content (AvgIpc) is 2.50. The van der Waals surface area contributed by atoms with Crippen LogP contribution < -0.4 is 10.1 Å². The maximum Gasteiger partial charge on any atom is 0.227 e. The van der Waals surface area contributed by atoms with Gasteiger partial charge in [0, 0.05) is 10.2 Å². The van der Waals surface area contributed by atoms with Crippen molar-refractivity contribution >= 4 is 27.5 Å². The number of anilines is 1. The van der Waals surface area contributed by atoms with Crippen LogP contribution in [0.2, 0.25) is 0 Å². The van der Waals surface area contributed by atoms with Gasteiger partial charge in [0.2, 0.25) is 5.91 Å². The van der Waals surface area contributed by atoms with E-state index >= 15 is 0 Å². The molecule has 0 aromatic heterocycles. The molecule has 0 aliphatic rings. The van der Waals surface area contributed by atoms with Gasteiger partial charge in [-0.1, -0.05) is 15.9 Å². The van der Waals surface area contributed by atoms with Crippen LogP contribution in [-0.4, -0.2) is 12.5 Å². The molecule has 2 rings (SSSR count). The van der Waals surface area contributed by atoms with Crippen molar-refractivity contribution in [1.82, 2.24) is 0 Å². The molecule has 0 saturated heterocycles. The van der Waals surface area contributed by atoms with Gasteiger partial charge in [0.1, 0.15) is 5.75 Å². The van der Waals surface area contributed by atoms with E-state index < -0.39 is 0 Å². The molecular formula is C16H13BrN2O2. The Morgan fingerprint density at radius 1 is 1.14 bits per heavy atom. The van der Waals surface area contributed by atoms with Crippen LogP contribution in [0.5, 0.6) is 5.75 Å². The van der Waals surface area contributed by atoms with Crippen molar-refractivity contribution in [3.63, 3.8) is 0 Å². The molecule has 2 aromatic carbocycles. The maximum absolute atomic E-state index is 11.7. The number of rotatable bonds is 5. The lowest BCUT2D eigenvalue weighted by Crippen LogP contribution is -2.15. The summed E-state index contributed by atoms with van der Waals surface area (Å²) in [5.41, 5.74) is 1.23.